The summed E-state index contributed by atoms with van der Waals surface area (Å²) in [5.41, 5.74) is 7.84. The molecule has 2 bridgehead atoms. The van der Waals surface area contributed by atoms with Gasteiger partial charge in [0.15, 0.2) is 5.79 Å². The summed E-state index contributed by atoms with van der Waals surface area (Å²) in [4.78, 5) is 7.33. The zero-order valence-electron chi connectivity index (χ0n) is 12.5. The molecule has 5 nitrogen and oxygen atoms in total. The minimum atomic E-state index is -0.692. The average Bonchev–Trinajstić information content (AvgIpc) is 3.12. The van der Waals surface area contributed by atoms with Crippen LogP contribution < -0.4 is 16.4 Å². The Bertz CT molecular complexity index is 689. The second-order valence-corrected chi connectivity index (χ2v) is 8.01. The molecule has 4 N–H and O–H groups in total. The molecule has 116 valence electrons. The van der Waals surface area contributed by atoms with Crippen LogP contribution in [0.1, 0.15) is 17.8 Å². The van der Waals surface area contributed by atoms with Gasteiger partial charge in [0, 0.05) is 18.6 Å². The molecule has 6 rings (SSSR count). The highest BCUT2D eigenvalue weighted by molar-refractivity contribution is 7.18. The second-order valence-electron chi connectivity index (χ2n) is 6.98. The predicted molar refractivity (Wildman–Crippen MR) is 88.5 cm³/mol. The molecule has 5 heterocycles. The third kappa shape index (κ3) is 1.82. The van der Waals surface area contributed by atoms with Gasteiger partial charge < -0.3 is 4.90 Å². The first-order valence-electron chi connectivity index (χ1n) is 8.09. The van der Waals surface area contributed by atoms with Gasteiger partial charge in [-0.15, -0.1) is 11.3 Å². The molecule has 4 fully saturated rings. The third-order valence-electron chi connectivity index (χ3n) is 5.63. The summed E-state index contributed by atoms with van der Waals surface area (Å²) >= 11 is 1.69. The molecular weight excluding hydrogens is 294 g/mol. The van der Waals surface area contributed by atoms with Crippen molar-refractivity contribution in [2.75, 3.05) is 26.2 Å². The zero-order valence-corrected chi connectivity index (χ0v) is 13.3. The van der Waals surface area contributed by atoms with Crippen LogP contribution in [-0.2, 0) is 5.79 Å². The third-order valence-corrected chi connectivity index (χ3v) is 6.81. The monoisotopic (exact) mass is 315 g/mol. The molecule has 1 aromatic heterocycles. The van der Waals surface area contributed by atoms with Gasteiger partial charge in [0.05, 0.1) is 10.2 Å². The number of thiazole rings is 1. The van der Waals surface area contributed by atoms with Crippen molar-refractivity contribution in [3.63, 3.8) is 0 Å². The SMILES string of the molecule is NC1(c2nc3ccccc3s2)NCC2(CN3CCC2CC3)N1. The summed E-state index contributed by atoms with van der Waals surface area (Å²) < 4.78 is 1.20. The van der Waals surface area contributed by atoms with Crippen molar-refractivity contribution in [3.8, 4) is 0 Å². The van der Waals surface area contributed by atoms with Crippen molar-refractivity contribution in [2.45, 2.75) is 24.2 Å². The summed E-state index contributed by atoms with van der Waals surface area (Å²) in [5.74, 6) is 0.0345. The quantitative estimate of drug-likeness (QED) is 0.733. The first kappa shape index (κ1) is 13.4. The molecule has 0 aliphatic carbocycles. The predicted octanol–water partition coefficient (Wildman–Crippen LogP) is 1.02. The minimum absolute atomic E-state index is 0.114. The van der Waals surface area contributed by atoms with Gasteiger partial charge in [0.2, 0.25) is 0 Å². The number of aromatic nitrogens is 1. The van der Waals surface area contributed by atoms with Gasteiger partial charge in [-0.05, 0) is 44.0 Å². The maximum Gasteiger partial charge on any atom is 0.175 e. The standard InChI is InChI=1S/C16H21N5S/c17-16(14-19-12-3-1-2-4-13(12)22-14)18-9-15(20-16)10-21-7-5-11(15)6-8-21/h1-4,11,18,20H,5-10,17H2. The second kappa shape index (κ2) is 4.49. The van der Waals surface area contributed by atoms with Crippen LogP contribution in [0.3, 0.4) is 0 Å². The summed E-state index contributed by atoms with van der Waals surface area (Å²) in [6.45, 7) is 4.52. The average molecular weight is 315 g/mol. The van der Waals surface area contributed by atoms with Gasteiger partial charge in [-0.1, -0.05) is 12.1 Å². The van der Waals surface area contributed by atoms with Crippen LogP contribution in [0.5, 0.6) is 0 Å². The normalized spacial score (nSPS) is 40.8. The maximum absolute atomic E-state index is 6.69. The van der Waals surface area contributed by atoms with Crippen LogP contribution in [0, 0.1) is 5.92 Å². The largest absolute Gasteiger partial charge is 0.301 e. The fraction of sp³-hybridized carbons (Fsp3) is 0.562. The Balaban J connectivity index is 1.50. The van der Waals surface area contributed by atoms with Crippen LogP contribution in [-0.4, -0.2) is 41.6 Å². The van der Waals surface area contributed by atoms with E-state index in [2.05, 4.69) is 33.7 Å². The van der Waals surface area contributed by atoms with Crippen LogP contribution in [0.25, 0.3) is 10.2 Å². The highest BCUT2D eigenvalue weighted by atomic mass is 32.1. The Morgan fingerprint density at radius 3 is 2.82 bits per heavy atom. The topological polar surface area (TPSA) is 66.2 Å². The maximum atomic E-state index is 6.69. The van der Waals surface area contributed by atoms with Gasteiger partial charge in [-0.3, -0.25) is 16.4 Å². The number of rotatable bonds is 1. The van der Waals surface area contributed by atoms with Crippen LogP contribution in [0.15, 0.2) is 24.3 Å². The number of nitrogens with zero attached hydrogens (tertiary/aromatic N) is 2. The molecule has 4 aliphatic rings. The van der Waals surface area contributed by atoms with E-state index < -0.39 is 5.79 Å². The molecule has 2 unspecified atom stereocenters. The van der Waals surface area contributed by atoms with E-state index in [4.69, 9.17) is 10.7 Å². The number of nitrogens with one attached hydrogen (secondary N) is 2. The summed E-state index contributed by atoms with van der Waals surface area (Å²) in [7, 11) is 0. The first-order valence-corrected chi connectivity index (χ1v) is 8.90. The number of nitrogens with two attached hydrogens (primary N) is 1. The Hall–Kier alpha value is -1.05. The van der Waals surface area contributed by atoms with E-state index in [1.807, 2.05) is 6.07 Å². The molecule has 0 saturated carbocycles. The molecule has 4 saturated heterocycles. The van der Waals surface area contributed by atoms with Crippen molar-refractivity contribution in [2.24, 2.45) is 11.7 Å². The Kier molecular flexibility index (Phi) is 2.73. The molecular formula is C16H21N5S. The van der Waals surface area contributed by atoms with E-state index in [1.54, 1.807) is 11.3 Å². The molecule has 4 aliphatic heterocycles. The van der Waals surface area contributed by atoms with E-state index in [0.717, 1.165) is 29.5 Å². The molecule has 1 spiro atoms. The van der Waals surface area contributed by atoms with Gasteiger partial charge in [-0.2, -0.15) is 0 Å². The zero-order chi connectivity index (χ0) is 14.8. The van der Waals surface area contributed by atoms with E-state index in [9.17, 15) is 0 Å². The lowest BCUT2D eigenvalue weighted by Crippen LogP contribution is -2.68. The number of piperidine rings is 3. The van der Waals surface area contributed by atoms with Crippen LogP contribution in [0.4, 0.5) is 0 Å². The van der Waals surface area contributed by atoms with E-state index in [0.29, 0.717) is 0 Å². The molecule has 1 aromatic carbocycles. The lowest BCUT2D eigenvalue weighted by molar-refractivity contribution is 0.0160. The van der Waals surface area contributed by atoms with Crippen molar-refractivity contribution in [3.05, 3.63) is 29.3 Å². The Morgan fingerprint density at radius 1 is 1.27 bits per heavy atom. The fourth-order valence-corrected chi connectivity index (χ4v) is 5.46. The number of fused-ring (bicyclic) bond motifs is 3. The fourth-order valence-electron chi connectivity index (χ4n) is 4.46. The summed E-state index contributed by atoms with van der Waals surface area (Å²) in [6, 6.07) is 8.24. The Labute approximate surface area is 133 Å². The summed E-state index contributed by atoms with van der Waals surface area (Å²) in [6.07, 6.45) is 2.56. The minimum Gasteiger partial charge on any atom is -0.301 e. The highest BCUT2D eigenvalue weighted by Gasteiger charge is 2.55. The lowest BCUT2D eigenvalue weighted by atomic mass is 9.73. The molecule has 2 aromatic rings. The molecule has 22 heavy (non-hydrogen) atoms. The van der Waals surface area contributed by atoms with Crippen molar-refractivity contribution < 1.29 is 0 Å². The van der Waals surface area contributed by atoms with Gasteiger partial charge in [0.1, 0.15) is 5.01 Å². The van der Waals surface area contributed by atoms with Crippen LogP contribution >= 0.6 is 11.3 Å². The van der Waals surface area contributed by atoms with Crippen molar-refractivity contribution in [1.82, 2.24) is 20.5 Å². The lowest BCUT2D eigenvalue weighted by Gasteiger charge is -2.52. The number of hydrogen-bond acceptors (Lipinski definition) is 6. The van der Waals surface area contributed by atoms with Gasteiger partial charge in [0.25, 0.3) is 0 Å². The highest BCUT2D eigenvalue weighted by Crippen LogP contribution is 2.40. The molecule has 2 atom stereocenters. The smallest absolute Gasteiger partial charge is 0.175 e. The molecule has 0 radical (unpaired) electrons. The van der Waals surface area contributed by atoms with Crippen molar-refractivity contribution >= 4 is 21.6 Å². The number of para-hydroxylation sites is 1. The van der Waals surface area contributed by atoms with Gasteiger partial charge >= 0.3 is 0 Å². The first-order chi connectivity index (χ1) is 10.7. The van der Waals surface area contributed by atoms with Crippen LogP contribution in [0.2, 0.25) is 0 Å². The Morgan fingerprint density at radius 2 is 2.09 bits per heavy atom. The van der Waals surface area contributed by atoms with E-state index in [1.165, 1.54) is 30.6 Å². The summed E-state index contributed by atoms with van der Waals surface area (Å²) in [5, 5.41) is 8.25. The van der Waals surface area contributed by atoms with E-state index >= 15 is 0 Å². The molecule has 6 heteroatoms. The van der Waals surface area contributed by atoms with Crippen molar-refractivity contribution in [1.29, 1.82) is 0 Å². The number of hydrogen-bond donors (Lipinski definition) is 3. The van der Waals surface area contributed by atoms with E-state index in [-0.39, 0.29) is 5.54 Å². The molecule has 0 amide bonds. The van der Waals surface area contributed by atoms with Gasteiger partial charge in [-0.25, -0.2) is 4.98 Å². The number of benzene rings is 1.